The summed E-state index contributed by atoms with van der Waals surface area (Å²) >= 11 is 0. The lowest BCUT2D eigenvalue weighted by Gasteiger charge is -2.32. The molecule has 0 saturated carbocycles. The summed E-state index contributed by atoms with van der Waals surface area (Å²) in [6, 6.07) is 13.9. The second-order valence-corrected chi connectivity index (χ2v) is 6.58. The van der Waals surface area contributed by atoms with Gasteiger partial charge in [0.15, 0.2) is 0 Å². The Labute approximate surface area is 149 Å². The van der Waals surface area contributed by atoms with Gasteiger partial charge in [0.25, 0.3) is 5.91 Å². The lowest BCUT2D eigenvalue weighted by atomic mass is 10.1. The van der Waals surface area contributed by atoms with Gasteiger partial charge in [-0.05, 0) is 30.5 Å². The first-order valence-corrected chi connectivity index (χ1v) is 8.71. The smallest absolute Gasteiger partial charge is 0.272 e. The molecule has 1 fully saturated rings. The van der Waals surface area contributed by atoms with Crippen LogP contribution in [0.25, 0.3) is 0 Å². The van der Waals surface area contributed by atoms with E-state index in [0.29, 0.717) is 25.4 Å². The van der Waals surface area contributed by atoms with Crippen LogP contribution < -0.4 is 4.90 Å². The molecule has 1 aromatic carbocycles. The van der Waals surface area contributed by atoms with Crippen LogP contribution in [-0.4, -0.2) is 49.1 Å². The maximum atomic E-state index is 12.7. The van der Waals surface area contributed by atoms with Gasteiger partial charge in [-0.15, -0.1) is 0 Å². The van der Waals surface area contributed by atoms with Gasteiger partial charge in [0.2, 0.25) is 0 Å². The largest absolute Gasteiger partial charge is 0.378 e. The van der Waals surface area contributed by atoms with Crippen molar-refractivity contribution in [2.24, 2.45) is 0 Å². The van der Waals surface area contributed by atoms with Gasteiger partial charge in [-0.25, -0.2) is 0 Å². The second-order valence-electron chi connectivity index (χ2n) is 6.58. The van der Waals surface area contributed by atoms with E-state index in [4.69, 9.17) is 4.74 Å². The monoisotopic (exact) mass is 339 g/mol. The number of ether oxygens (including phenoxy) is 1. The third-order valence-electron chi connectivity index (χ3n) is 4.54. The average Bonchev–Trinajstić information content (AvgIpc) is 2.67. The summed E-state index contributed by atoms with van der Waals surface area (Å²) < 4.78 is 5.99. The molecular formula is C20H25N3O2. The van der Waals surface area contributed by atoms with Crippen molar-refractivity contribution >= 4 is 11.6 Å². The van der Waals surface area contributed by atoms with E-state index < -0.39 is 0 Å². The first kappa shape index (κ1) is 17.4. The number of anilines is 1. The standard InChI is InChI=1S/C20H25N3O2/c1-22(2)17-8-11-21-19(14-17)20(24)23-12-9-18(10-13-23)25-15-16-6-4-3-5-7-16/h3-8,11,14,18H,9-10,12-13,15H2,1-2H3. The van der Waals surface area contributed by atoms with Crippen LogP contribution in [0.5, 0.6) is 0 Å². The highest BCUT2D eigenvalue weighted by atomic mass is 16.5. The molecule has 0 aliphatic carbocycles. The van der Waals surface area contributed by atoms with Crippen LogP contribution in [0, 0.1) is 0 Å². The Balaban J connectivity index is 1.51. The molecule has 0 unspecified atom stereocenters. The summed E-state index contributed by atoms with van der Waals surface area (Å²) in [5.41, 5.74) is 2.68. The van der Waals surface area contributed by atoms with E-state index in [-0.39, 0.29) is 12.0 Å². The fourth-order valence-corrected chi connectivity index (χ4v) is 2.99. The molecule has 0 N–H and O–H groups in total. The molecule has 1 aliphatic rings. The third-order valence-corrected chi connectivity index (χ3v) is 4.54. The Morgan fingerprint density at radius 1 is 1.20 bits per heavy atom. The Morgan fingerprint density at radius 3 is 2.60 bits per heavy atom. The molecule has 1 amide bonds. The average molecular weight is 339 g/mol. The summed E-state index contributed by atoms with van der Waals surface area (Å²) in [5, 5.41) is 0. The molecule has 1 aliphatic heterocycles. The van der Waals surface area contributed by atoms with Crippen molar-refractivity contribution in [3.8, 4) is 0 Å². The molecule has 5 heteroatoms. The van der Waals surface area contributed by atoms with E-state index in [2.05, 4.69) is 17.1 Å². The number of likely N-dealkylation sites (tertiary alicyclic amines) is 1. The maximum absolute atomic E-state index is 12.7. The molecule has 0 radical (unpaired) electrons. The lowest BCUT2D eigenvalue weighted by Crippen LogP contribution is -2.41. The van der Waals surface area contributed by atoms with E-state index in [1.54, 1.807) is 6.20 Å². The van der Waals surface area contributed by atoms with E-state index in [1.165, 1.54) is 5.56 Å². The Bertz CT molecular complexity index is 695. The Kier molecular flexibility index (Phi) is 5.66. The molecule has 25 heavy (non-hydrogen) atoms. The van der Waals surface area contributed by atoms with E-state index in [9.17, 15) is 4.79 Å². The van der Waals surface area contributed by atoms with Crippen molar-refractivity contribution in [2.75, 3.05) is 32.1 Å². The predicted molar refractivity (Wildman–Crippen MR) is 98.7 cm³/mol. The molecule has 0 spiro atoms. The van der Waals surface area contributed by atoms with Gasteiger partial charge < -0.3 is 14.5 Å². The summed E-state index contributed by atoms with van der Waals surface area (Å²) in [6.07, 6.45) is 3.64. The van der Waals surface area contributed by atoms with Crippen molar-refractivity contribution < 1.29 is 9.53 Å². The van der Waals surface area contributed by atoms with Crippen molar-refractivity contribution in [1.29, 1.82) is 0 Å². The molecule has 1 saturated heterocycles. The van der Waals surface area contributed by atoms with Gasteiger partial charge in [0, 0.05) is 39.1 Å². The van der Waals surface area contributed by atoms with Crippen LogP contribution in [0.3, 0.4) is 0 Å². The van der Waals surface area contributed by atoms with Gasteiger partial charge in [0.1, 0.15) is 5.69 Å². The molecule has 0 atom stereocenters. The first-order valence-electron chi connectivity index (χ1n) is 8.71. The number of piperidine rings is 1. The van der Waals surface area contributed by atoms with Gasteiger partial charge in [0.05, 0.1) is 12.7 Å². The van der Waals surface area contributed by atoms with Crippen LogP contribution in [0.1, 0.15) is 28.9 Å². The number of hydrogen-bond acceptors (Lipinski definition) is 4. The molecule has 1 aromatic heterocycles. The van der Waals surface area contributed by atoms with Gasteiger partial charge in [-0.2, -0.15) is 0 Å². The van der Waals surface area contributed by atoms with Crippen molar-refractivity contribution in [3.63, 3.8) is 0 Å². The zero-order valence-electron chi connectivity index (χ0n) is 14.9. The van der Waals surface area contributed by atoms with Crippen LogP contribution in [0.15, 0.2) is 48.7 Å². The second kappa shape index (κ2) is 8.12. The molecule has 2 aromatic rings. The number of nitrogens with zero attached hydrogens (tertiary/aromatic N) is 3. The number of amides is 1. The molecule has 0 bridgehead atoms. The normalized spacial score (nSPS) is 15.2. The fraction of sp³-hybridized carbons (Fsp3) is 0.400. The SMILES string of the molecule is CN(C)c1ccnc(C(=O)N2CCC(OCc3ccccc3)CC2)c1. The van der Waals surface area contributed by atoms with Crippen LogP contribution in [-0.2, 0) is 11.3 Å². The van der Waals surface area contributed by atoms with Crippen LogP contribution in [0.2, 0.25) is 0 Å². The first-order chi connectivity index (χ1) is 12.1. The molecule has 2 heterocycles. The minimum Gasteiger partial charge on any atom is -0.378 e. The topological polar surface area (TPSA) is 45.7 Å². The Hall–Kier alpha value is -2.40. The highest BCUT2D eigenvalue weighted by Gasteiger charge is 2.25. The maximum Gasteiger partial charge on any atom is 0.272 e. The number of carbonyl (C=O) groups is 1. The zero-order chi connectivity index (χ0) is 17.6. The number of pyridine rings is 1. The van der Waals surface area contributed by atoms with Gasteiger partial charge in [-0.1, -0.05) is 30.3 Å². The van der Waals surface area contributed by atoms with E-state index in [0.717, 1.165) is 18.5 Å². The minimum absolute atomic E-state index is 0.00482. The highest BCUT2D eigenvalue weighted by Crippen LogP contribution is 2.19. The number of benzene rings is 1. The number of hydrogen-bond donors (Lipinski definition) is 0. The summed E-state index contributed by atoms with van der Waals surface area (Å²) in [6.45, 7) is 2.06. The third kappa shape index (κ3) is 4.57. The van der Waals surface area contributed by atoms with Gasteiger partial charge in [-0.3, -0.25) is 9.78 Å². The summed E-state index contributed by atoms with van der Waals surface area (Å²) in [5.74, 6) is 0.00482. The van der Waals surface area contributed by atoms with Gasteiger partial charge >= 0.3 is 0 Å². The van der Waals surface area contributed by atoms with Crippen LogP contribution >= 0.6 is 0 Å². The summed E-state index contributed by atoms with van der Waals surface area (Å²) in [7, 11) is 3.91. The quantitative estimate of drug-likeness (QED) is 0.840. The number of aromatic nitrogens is 1. The molecule has 3 rings (SSSR count). The lowest BCUT2D eigenvalue weighted by molar-refractivity contribution is -0.000507. The van der Waals surface area contributed by atoms with E-state index >= 15 is 0 Å². The minimum atomic E-state index is 0.00482. The fourth-order valence-electron chi connectivity index (χ4n) is 2.99. The molecule has 132 valence electrons. The van der Waals surface area contributed by atoms with E-state index in [1.807, 2.05) is 54.2 Å². The van der Waals surface area contributed by atoms with Crippen molar-refractivity contribution in [3.05, 3.63) is 59.9 Å². The molecular weight excluding hydrogens is 314 g/mol. The number of carbonyl (C=O) groups excluding carboxylic acids is 1. The Morgan fingerprint density at radius 2 is 1.92 bits per heavy atom. The number of rotatable bonds is 5. The van der Waals surface area contributed by atoms with Crippen molar-refractivity contribution in [1.82, 2.24) is 9.88 Å². The van der Waals surface area contributed by atoms with Crippen LogP contribution in [0.4, 0.5) is 5.69 Å². The summed E-state index contributed by atoms with van der Waals surface area (Å²) in [4.78, 5) is 20.8. The highest BCUT2D eigenvalue weighted by molar-refractivity contribution is 5.93. The zero-order valence-corrected chi connectivity index (χ0v) is 14.9. The predicted octanol–water partition coefficient (Wildman–Crippen LogP) is 2.97. The molecule has 5 nitrogen and oxygen atoms in total. The van der Waals surface area contributed by atoms with Crippen molar-refractivity contribution in [2.45, 2.75) is 25.6 Å².